The van der Waals surface area contributed by atoms with Gasteiger partial charge in [-0.05, 0) is 54.1 Å². The van der Waals surface area contributed by atoms with Gasteiger partial charge in [-0.15, -0.1) is 0 Å². The normalized spacial score (nSPS) is 10.9. The predicted octanol–water partition coefficient (Wildman–Crippen LogP) is 6.67. The fraction of sp³-hybridized carbons (Fsp3) is 0.0500. The Morgan fingerprint density at radius 3 is 2.42 bits per heavy atom. The maximum Gasteiger partial charge on any atom is 0.120 e. The molecule has 0 atom stereocenters. The minimum Gasteiger partial charge on any atom is -0.489 e. The zero-order valence-corrected chi connectivity index (χ0v) is 15.9. The Morgan fingerprint density at radius 1 is 0.885 bits per heavy atom. The van der Waals surface area contributed by atoms with Gasteiger partial charge in [0.05, 0.1) is 11.9 Å². The fourth-order valence-electron chi connectivity index (χ4n) is 2.19. The lowest BCUT2D eigenvalue weighted by Crippen LogP contribution is -1.97. The van der Waals surface area contributed by atoms with Crippen LogP contribution < -0.4 is 10.2 Å². The second kappa shape index (κ2) is 8.95. The highest BCUT2D eigenvalue weighted by Gasteiger charge is 2.03. The van der Waals surface area contributed by atoms with Crippen molar-refractivity contribution in [1.29, 1.82) is 0 Å². The molecule has 1 N–H and O–H groups in total. The van der Waals surface area contributed by atoms with Crippen LogP contribution in [-0.2, 0) is 6.61 Å². The average molecular weight is 406 g/mol. The molecule has 0 unspecified atom stereocenters. The number of hydrogen-bond acceptors (Lipinski definition) is 3. The molecule has 3 nitrogen and oxygen atoms in total. The summed E-state index contributed by atoms with van der Waals surface area (Å²) in [5.74, 6) is 0.728. The molecular weight excluding hydrogens is 391 g/mol. The van der Waals surface area contributed by atoms with E-state index in [0.29, 0.717) is 21.7 Å². The molecule has 0 aliphatic rings. The number of halogens is 3. The highest BCUT2D eigenvalue weighted by atomic mass is 35.5. The van der Waals surface area contributed by atoms with Crippen LogP contribution in [0.25, 0.3) is 0 Å². The maximum absolute atomic E-state index is 6.16. The molecule has 0 fully saturated rings. The van der Waals surface area contributed by atoms with E-state index in [1.54, 1.807) is 30.5 Å². The molecule has 0 amide bonds. The summed E-state index contributed by atoms with van der Waals surface area (Å²) in [6, 6.07) is 20.3. The smallest absolute Gasteiger partial charge is 0.120 e. The summed E-state index contributed by atoms with van der Waals surface area (Å²) < 4.78 is 5.81. The highest BCUT2D eigenvalue weighted by Crippen LogP contribution is 2.23. The Hall–Kier alpha value is -2.20. The molecular formula is C20H15Cl3N2O. The van der Waals surface area contributed by atoms with Crippen molar-refractivity contribution in [3.8, 4) is 5.75 Å². The van der Waals surface area contributed by atoms with E-state index in [-0.39, 0.29) is 0 Å². The van der Waals surface area contributed by atoms with E-state index in [4.69, 9.17) is 39.5 Å². The number of anilines is 1. The second-order valence-electron chi connectivity index (χ2n) is 5.47. The number of rotatable bonds is 6. The molecule has 26 heavy (non-hydrogen) atoms. The highest BCUT2D eigenvalue weighted by molar-refractivity contribution is 6.35. The number of benzene rings is 3. The number of hydrazone groups is 1. The van der Waals surface area contributed by atoms with Gasteiger partial charge in [0, 0.05) is 20.6 Å². The van der Waals surface area contributed by atoms with E-state index in [1.165, 1.54) is 0 Å². The van der Waals surface area contributed by atoms with Gasteiger partial charge in [-0.3, -0.25) is 5.43 Å². The van der Waals surface area contributed by atoms with Gasteiger partial charge in [-0.25, -0.2) is 0 Å². The van der Waals surface area contributed by atoms with Crippen molar-refractivity contribution in [1.82, 2.24) is 0 Å². The van der Waals surface area contributed by atoms with Gasteiger partial charge in [0.15, 0.2) is 0 Å². The predicted molar refractivity (Wildman–Crippen MR) is 110 cm³/mol. The standard InChI is InChI=1S/C20H15Cl3N2O/c21-16-6-8-18(9-7-16)25-24-12-14-2-1-3-19(10-14)26-13-15-4-5-17(22)11-20(15)23/h1-12,25H,13H2. The molecule has 0 radical (unpaired) electrons. The van der Waals surface area contributed by atoms with Gasteiger partial charge in [0.1, 0.15) is 12.4 Å². The van der Waals surface area contributed by atoms with Crippen LogP contribution in [0.2, 0.25) is 15.1 Å². The zero-order chi connectivity index (χ0) is 18.4. The molecule has 0 saturated carbocycles. The summed E-state index contributed by atoms with van der Waals surface area (Å²) in [6.45, 7) is 0.361. The first-order chi connectivity index (χ1) is 12.6. The van der Waals surface area contributed by atoms with Crippen LogP contribution in [0.15, 0.2) is 71.8 Å². The van der Waals surface area contributed by atoms with Gasteiger partial charge >= 0.3 is 0 Å². The summed E-state index contributed by atoms with van der Waals surface area (Å²) in [5.41, 5.74) is 5.59. The van der Waals surface area contributed by atoms with Gasteiger partial charge in [0.2, 0.25) is 0 Å². The summed E-state index contributed by atoms with van der Waals surface area (Å²) in [4.78, 5) is 0. The van der Waals surface area contributed by atoms with E-state index >= 15 is 0 Å². The van der Waals surface area contributed by atoms with Crippen LogP contribution in [0.1, 0.15) is 11.1 Å². The SMILES string of the molecule is Clc1ccc(NN=Cc2cccc(OCc3ccc(Cl)cc3Cl)c2)cc1. The van der Waals surface area contributed by atoms with Crippen molar-refractivity contribution >= 4 is 46.7 Å². The van der Waals surface area contributed by atoms with Crippen LogP contribution in [-0.4, -0.2) is 6.21 Å². The topological polar surface area (TPSA) is 33.6 Å². The molecule has 3 rings (SSSR count). The number of ether oxygens (including phenoxy) is 1. The lowest BCUT2D eigenvalue weighted by Gasteiger charge is -2.08. The molecule has 6 heteroatoms. The second-order valence-corrected chi connectivity index (χ2v) is 6.75. The van der Waals surface area contributed by atoms with E-state index < -0.39 is 0 Å². The van der Waals surface area contributed by atoms with Gasteiger partial charge in [0.25, 0.3) is 0 Å². The summed E-state index contributed by atoms with van der Waals surface area (Å²) in [5, 5.41) is 6.09. The zero-order valence-electron chi connectivity index (χ0n) is 13.6. The van der Waals surface area contributed by atoms with Gasteiger partial charge < -0.3 is 4.74 Å². The summed E-state index contributed by atoms with van der Waals surface area (Å²) >= 11 is 17.9. The summed E-state index contributed by atoms with van der Waals surface area (Å²) in [7, 11) is 0. The van der Waals surface area contributed by atoms with E-state index in [1.807, 2.05) is 42.5 Å². The molecule has 0 spiro atoms. The van der Waals surface area contributed by atoms with Crippen LogP contribution in [0.5, 0.6) is 5.75 Å². The largest absolute Gasteiger partial charge is 0.489 e. The molecule has 0 bridgehead atoms. The molecule has 0 aliphatic carbocycles. The Morgan fingerprint density at radius 2 is 1.65 bits per heavy atom. The van der Waals surface area contributed by atoms with Crippen molar-refractivity contribution in [2.45, 2.75) is 6.61 Å². The molecule has 132 valence electrons. The minimum absolute atomic E-state index is 0.361. The number of nitrogens with one attached hydrogen (secondary N) is 1. The maximum atomic E-state index is 6.16. The van der Waals surface area contributed by atoms with E-state index in [0.717, 1.165) is 22.6 Å². The molecule has 0 heterocycles. The quantitative estimate of drug-likeness (QED) is 0.367. The Labute approximate surface area is 167 Å². The third-order valence-electron chi connectivity index (χ3n) is 3.52. The third kappa shape index (κ3) is 5.40. The fourth-order valence-corrected chi connectivity index (χ4v) is 2.78. The molecule has 0 saturated heterocycles. The van der Waals surface area contributed by atoms with Crippen molar-refractivity contribution < 1.29 is 4.74 Å². The molecule has 0 aliphatic heterocycles. The first-order valence-corrected chi connectivity index (χ1v) is 8.95. The van der Waals surface area contributed by atoms with Crippen LogP contribution in [0, 0.1) is 0 Å². The number of hydrogen-bond donors (Lipinski definition) is 1. The van der Waals surface area contributed by atoms with Gasteiger partial charge in [-0.1, -0.05) is 53.0 Å². The average Bonchev–Trinajstić information content (AvgIpc) is 2.63. The van der Waals surface area contributed by atoms with E-state index in [2.05, 4.69) is 10.5 Å². The summed E-state index contributed by atoms with van der Waals surface area (Å²) in [6.07, 6.45) is 1.72. The first-order valence-electron chi connectivity index (χ1n) is 7.81. The molecule has 3 aromatic rings. The van der Waals surface area contributed by atoms with Crippen LogP contribution in [0.3, 0.4) is 0 Å². The van der Waals surface area contributed by atoms with Crippen LogP contribution in [0.4, 0.5) is 5.69 Å². The van der Waals surface area contributed by atoms with Crippen molar-refractivity contribution in [2.75, 3.05) is 5.43 Å². The Kier molecular flexibility index (Phi) is 6.40. The minimum atomic E-state index is 0.361. The van der Waals surface area contributed by atoms with Crippen molar-refractivity contribution in [3.05, 3.63) is 92.9 Å². The first kappa shape index (κ1) is 18.6. The lowest BCUT2D eigenvalue weighted by molar-refractivity contribution is 0.306. The molecule has 0 aromatic heterocycles. The number of nitrogens with zero attached hydrogens (tertiary/aromatic N) is 1. The Bertz CT molecular complexity index is 911. The van der Waals surface area contributed by atoms with E-state index in [9.17, 15) is 0 Å². The van der Waals surface area contributed by atoms with Crippen molar-refractivity contribution in [2.24, 2.45) is 5.10 Å². The van der Waals surface area contributed by atoms with Crippen molar-refractivity contribution in [3.63, 3.8) is 0 Å². The molecule has 3 aromatic carbocycles. The monoisotopic (exact) mass is 404 g/mol. The van der Waals surface area contributed by atoms with Gasteiger partial charge in [-0.2, -0.15) is 5.10 Å². The Balaban J connectivity index is 1.60. The third-order valence-corrected chi connectivity index (χ3v) is 4.36. The lowest BCUT2D eigenvalue weighted by atomic mass is 10.2. The van der Waals surface area contributed by atoms with Crippen LogP contribution >= 0.6 is 34.8 Å².